The van der Waals surface area contributed by atoms with Gasteiger partial charge in [-0.1, -0.05) is 6.42 Å². The number of nitrogens with one attached hydrogen (secondary N) is 1. The Kier molecular flexibility index (Phi) is 5.37. The van der Waals surface area contributed by atoms with E-state index in [9.17, 15) is 18.0 Å². The molecule has 3 heterocycles. The van der Waals surface area contributed by atoms with Crippen LogP contribution in [0, 0.1) is 13.8 Å². The van der Waals surface area contributed by atoms with Gasteiger partial charge in [-0.25, -0.2) is 9.50 Å². The highest BCUT2D eigenvalue weighted by atomic mass is 19.4. The molecule has 1 fully saturated rings. The number of rotatable bonds is 4. The lowest BCUT2D eigenvalue weighted by atomic mass is 9.94. The van der Waals surface area contributed by atoms with Gasteiger partial charge in [0.25, 0.3) is 17.4 Å². The van der Waals surface area contributed by atoms with Gasteiger partial charge >= 0.3 is 6.18 Å². The first-order valence-corrected chi connectivity index (χ1v) is 11.3. The molecule has 5 rings (SSSR count). The molecule has 0 radical (unpaired) electrons. The number of carbonyl (C=O) groups excluding carboxylic acids is 1. The number of benzene rings is 1. The van der Waals surface area contributed by atoms with Crippen LogP contribution in [-0.4, -0.2) is 31.3 Å². The van der Waals surface area contributed by atoms with Crippen molar-refractivity contribution in [1.29, 1.82) is 0 Å². The summed E-state index contributed by atoms with van der Waals surface area (Å²) >= 11 is 0. The predicted molar refractivity (Wildman–Crippen MR) is 116 cm³/mol. The number of fused-ring (bicyclic) bond motifs is 2. The summed E-state index contributed by atoms with van der Waals surface area (Å²) in [5.74, 6) is -0.886. The highest BCUT2D eigenvalue weighted by Crippen LogP contribution is 2.46. The molecule has 180 valence electrons. The van der Waals surface area contributed by atoms with Gasteiger partial charge in [0.2, 0.25) is 5.91 Å². The Morgan fingerprint density at radius 1 is 1.12 bits per heavy atom. The average Bonchev–Trinajstić information content (AvgIpc) is 3.35. The maximum atomic E-state index is 13.0. The van der Waals surface area contributed by atoms with Crippen LogP contribution in [0.1, 0.15) is 61.3 Å². The van der Waals surface area contributed by atoms with Gasteiger partial charge in [-0.15, -0.1) is 5.10 Å². The van der Waals surface area contributed by atoms with E-state index in [1.807, 2.05) is 0 Å². The summed E-state index contributed by atoms with van der Waals surface area (Å²) in [7, 11) is 0. The summed E-state index contributed by atoms with van der Waals surface area (Å²) < 4.78 is 52.2. The summed E-state index contributed by atoms with van der Waals surface area (Å²) in [4.78, 5) is 20.2. The van der Waals surface area contributed by atoms with Gasteiger partial charge < -0.3 is 14.8 Å². The number of anilines is 1. The summed E-state index contributed by atoms with van der Waals surface area (Å²) in [5.41, 5.74) is 2.23. The van der Waals surface area contributed by atoms with Crippen molar-refractivity contribution in [3.63, 3.8) is 0 Å². The average molecular weight is 475 g/mol. The number of halogens is 3. The first-order chi connectivity index (χ1) is 16.1. The summed E-state index contributed by atoms with van der Waals surface area (Å²) in [6.45, 7) is 3.32. The van der Waals surface area contributed by atoms with Crippen LogP contribution < -0.4 is 14.8 Å². The van der Waals surface area contributed by atoms with Crippen LogP contribution in [0.2, 0.25) is 0 Å². The molecule has 1 spiro atoms. The van der Waals surface area contributed by atoms with Crippen molar-refractivity contribution in [2.75, 3.05) is 5.32 Å². The van der Waals surface area contributed by atoms with E-state index in [1.165, 1.54) is 6.42 Å². The van der Waals surface area contributed by atoms with Gasteiger partial charge in [0.1, 0.15) is 0 Å². The van der Waals surface area contributed by atoms with Crippen molar-refractivity contribution in [2.45, 2.75) is 70.8 Å². The quantitative estimate of drug-likeness (QED) is 0.585. The largest absolute Gasteiger partial charge is 0.453 e. The Labute approximate surface area is 193 Å². The molecule has 11 heteroatoms. The van der Waals surface area contributed by atoms with E-state index in [4.69, 9.17) is 9.47 Å². The molecule has 34 heavy (non-hydrogen) atoms. The zero-order valence-corrected chi connectivity index (χ0v) is 18.8. The van der Waals surface area contributed by atoms with Crippen LogP contribution in [0.3, 0.4) is 0 Å². The predicted octanol–water partition coefficient (Wildman–Crippen LogP) is 4.76. The lowest BCUT2D eigenvalue weighted by molar-refractivity contribution is -0.144. The SMILES string of the molecule is Cc1nc2nc(C(F)(F)F)nn2c(C)c1CCC(=O)Nc1ccc2c(c1)OC1(CCCCC1)O2. The Morgan fingerprint density at radius 3 is 2.59 bits per heavy atom. The van der Waals surface area contributed by atoms with E-state index < -0.39 is 17.8 Å². The Morgan fingerprint density at radius 2 is 1.85 bits per heavy atom. The van der Waals surface area contributed by atoms with Gasteiger partial charge in [-0.3, -0.25) is 4.79 Å². The van der Waals surface area contributed by atoms with E-state index in [0.29, 0.717) is 40.6 Å². The molecule has 2 aliphatic rings. The lowest BCUT2D eigenvalue weighted by Crippen LogP contribution is -2.40. The minimum absolute atomic E-state index is 0.119. The van der Waals surface area contributed by atoms with E-state index >= 15 is 0 Å². The molecule has 1 N–H and O–H groups in total. The van der Waals surface area contributed by atoms with Crippen molar-refractivity contribution >= 4 is 17.4 Å². The maximum Gasteiger partial charge on any atom is 0.453 e. The van der Waals surface area contributed by atoms with Crippen molar-refractivity contribution < 1.29 is 27.4 Å². The molecule has 8 nitrogen and oxygen atoms in total. The molecule has 0 atom stereocenters. The lowest BCUT2D eigenvalue weighted by Gasteiger charge is -2.31. The molecule has 1 aromatic carbocycles. The molecule has 1 amide bonds. The van der Waals surface area contributed by atoms with Gasteiger partial charge in [0.15, 0.2) is 11.5 Å². The number of alkyl halides is 3. The Bertz CT molecular complexity index is 1260. The van der Waals surface area contributed by atoms with Crippen LogP contribution in [0.4, 0.5) is 18.9 Å². The second kappa shape index (κ2) is 8.14. The number of aryl methyl sites for hydroxylation is 2. The third kappa shape index (κ3) is 4.14. The minimum Gasteiger partial charge on any atom is -0.448 e. The van der Waals surface area contributed by atoms with Crippen molar-refractivity contribution in [3.8, 4) is 11.5 Å². The Hall–Kier alpha value is -3.37. The molecule has 1 saturated carbocycles. The maximum absolute atomic E-state index is 13.0. The van der Waals surface area contributed by atoms with Gasteiger partial charge in [-0.2, -0.15) is 18.2 Å². The van der Waals surface area contributed by atoms with Crippen LogP contribution in [-0.2, 0) is 17.4 Å². The zero-order valence-electron chi connectivity index (χ0n) is 18.8. The van der Waals surface area contributed by atoms with Crippen molar-refractivity contribution in [2.24, 2.45) is 0 Å². The van der Waals surface area contributed by atoms with E-state index in [-0.39, 0.29) is 18.1 Å². The highest BCUT2D eigenvalue weighted by molar-refractivity contribution is 5.91. The van der Waals surface area contributed by atoms with Crippen LogP contribution in [0.5, 0.6) is 11.5 Å². The Balaban J connectivity index is 1.26. The molecule has 0 saturated heterocycles. The monoisotopic (exact) mass is 475 g/mol. The third-order valence-electron chi connectivity index (χ3n) is 6.34. The van der Waals surface area contributed by atoms with E-state index in [0.717, 1.165) is 30.2 Å². The van der Waals surface area contributed by atoms with Crippen molar-refractivity contribution in [3.05, 3.63) is 41.0 Å². The van der Waals surface area contributed by atoms with E-state index in [1.54, 1.807) is 32.0 Å². The second-order valence-corrected chi connectivity index (χ2v) is 8.79. The molecule has 1 aliphatic carbocycles. The first-order valence-electron chi connectivity index (χ1n) is 11.3. The summed E-state index contributed by atoms with van der Waals surface area (Å²) in [6.07, 6.45) is 0.735. The number of ether oxygens (including phenoxy) is 2. The summed E-state index contributed by atoms with van der Waals surface area (Å²) in [6, 6.07) is 5.32. The molecular weight excluding hydrogens is 451 g/mol. The van der Waals surface area contributed by atoms with Crippen LogP contribution in [0.25, 0.3) is 5.78 Å². The minimum atomic E-state index is -4.66. The smallest absolute Gasteiger partial charge is 0.448 e. The van der Waals surface area contributed by atoms with Gasteiger partial charge in [0, 0.05) is 42.4 Å². The van der Waals surface area contributed by atoms with Gasteiger partial charge in [-0.05, 0) is 50.8 Å². The number of hydrogen-bond acceptors (Lipinski definition) is 6. The van der Waals surface area contributed by atoms with E-state index in [2.05, 4.69) is 20.4 Å². The van der Waals surface area contributed by atoms with Crippen molar-refractivity contribution in [1.82, 2.24) is 19.6 Å². The topological polar surface area (TPSA) is 90.6 Å². The molecule has 3 aromatic rings. The highest BCUT2D eigenvalue weighted by Gasteiger charge is 2.42. The summed E-state index contributed by atoms with van der Waals surface area (Å²) in [5, 5.41) is 6.40. The zero-order chi connectivity index (χ0) is 24.1. The van der Waals surface area contributed by atoms with Gasteiger partial charge in [0.05, 0.1) is 0 Å². The molecular formula is C23H24F3N5O3. The number of hydrogen-bond donors (Lipinski definition) is 1. The first kappa shape index (κ1) is 22.4. The van der Waals surface area contributed by atoms with Crippen LogP contribution in [0.15, 0.2) is 18.2 Å². The number of nitrogens with zero attached hydrogens (tertiary/aromatic N) is 4. The normalized spacial score (nSPS) is 16.9. The fourth-order valence-electron chi connectivity index (χ4n) is 4.62. The molecule has 0 unspecified atom stereocenters. The van der Waals surface area contributed by atoms with Crippen LogP contribution >= 0.6 is 0 Å². The fourth-order valence-corrected chi connectivity index (χ4v) is 4.62. The standard InChI is InChI=1S/C23H24F3N5O3/c1-13-16(14(2)31-21(27-13)29-20(30-31)23(24,25)26)7-9-19(32)28-15-6-8-17-18(12-15)34-22(33-17)10-4-3-5-11-22/h6,8,12H,3-5,7,9-11H2,1-2H3,(H,28,32). The molecule has 2 aromatic heterocycles. The third-order valence-corrected chi connectivity index (χ3v) is 6.34. The fraction of sp³-hybridized carbons (Fsp3) is 0.478. The number of carbonyl (C=O) groups is 1. The molecule has 0 bridgehead atoms. The molecule has 1 aliphatic heterocycles. The number of amides is 1. The number of aromatic nitrogens is 4. The second-order valence-electron chi connectivity index (χ2n) is 8.79.